The summed E-state index contributed by atoms with van der Waals surface area (Å²) in [6.45, 7) is 5.72. The van der Waals surface area contributed by atoms with Crippen LogP contribution in [0.25, 0.3) is 0 Å². The standard InChI is InChI=1S/C19H27N5O2S/c1-14-8-9-16(12-15(14)2)27(25,26)22-17-13-20-19(21-18(17)23(3)4)24-10-6-5-7-11-24/h8-9,12-13,22H,5-7,10-11H2,1-4H3. The molecule has 0 aliphatic carbocycles. The van der Waals surface area contributed by atoms with Gasteiger partial charge in [0.25, 0.3) is 10.0 Å². The largest absolute Gasteiger partial charge is 0.361 e. The maximum Gasteiger partial charge on any atom is 0.262 e. The van der Waals surface area contributed by atoms with Gasteiger partial charge >= 0.3 is 0 Å². The second-order valence-electron chi connectivity index (χ2n) is 7.20. The van der Waals surface area contributed by atoms with Gasteiger partial charge in [-0.2, -0.15) is 4.98 Å². The number of nitrogens with zero attached hydrogens (tertiary/aromatic N) is 4. The van der Waals surface area contributed by atoms with Crippen LogP contribution in [0.1, 0.15) is 30.4 Å². The maximum absolute atomic E-state index is 12.8. The van der Waals surface area contributed by atoms with Crippen molar-refractivity contribution in [3.8, 4) is 0 Å². The van der Waals surface area contributed by atoms with E-state index in [1.54, 1.807) is 23.2 Å². The fourth-order valence-electron chi connectivity index (χ4n) is 3.11. The smallest absolute Gasteiger partial charge is 0.262 e. The molecule has 146 valence electrons. The van der Waals surface area contributed by atoms with Gasteiger partial charge in [0.15, 0.2) is 5.82 Å². The average Bonchev–Trinajstić information content (AvgIpc) is 2.64. The number of piperidine rings is 1. The predicted octanol–water partition coefficient (Wildman–Crippen LogP) is 2.95. The molecule has 0 amide bonds. The first-order valence-electron chi connectivity index (χ1n) is 9.17. The number of hydrogen-bond acceptors (Lipinski definition) is 6. The second kappa shape index (κ2) is 7.72. The monoisotopic (exact) mass is 389 g/mol. The number of aromatic nitrogens is 2. The molecule has 1 aromatic carbocycles. The summed E-state index contributed by atoms with van der Waals surface area (Å²) in [5.41, 5.74) is 2.36. The van der Waals surface area contributed by atoms with Gasteiger partial charge in [0, 0.05) is 27.2 Å². The Kier molecular flexibility index (Phi) is 5.55. The van der Waals surface area contributed by atoms with Crippen molar-refractivity contribution < 1.29 is 8.42 Å². The fourth-order valence-corrected chi connectivity index (χ4v) is 4.24. The highest BCUT2D eigenvalue weighted by molar-refractivity contribution is 7.92. The second-order valence-corrected chi connectivity index (χ2v) is 8.88. The third-order valence-electron chi connectivity index (χ3n) is 4.85. The van der Waals surface area contributed by atoms with Gasteiger partial charge in [-0.25, -0.2) is 13.4 Å². The lowest BCUT2D eigenvalue weighted by Gasteiger charge is -2.28. The molecule has 7 nitrogen and oxygen atoms in total. The molecular formula is C19H27N5O2S. The topological polar surface area (TPSA) is 78.4 Å². The quantitative estimate of drug-likeness (QED) is 0.847. The summed E-state index contributed by atoms with van der Waals surface area (Å²) >= 11 is 0. The summed E-state index contributed by atoms with van der Waals surface area (Å²) in [7, 11) is -0.0298. The van der Waals surface area contributed by atoms with Gasteiger partial charge in [-0.15, -0.1) is 0 Å². The zero-order valence-electron chi connectivity index (χ0n) is 16.4. The Bertz CT molecular complexity index is 922. The van der Waals surface area contributed by atoms with Gasteiger partial charge in [0.1, 0.15) is 5.69 Å². The lowest BCUT2D eigenvalue weighted by molar-refractivity contribution is 0.568. The summed E-state index contributed by atoms with van der Waals surface area (Å²) in [4.78, 5) is 13.2. The van der Waals surface area contributed by atoms with Crippen molar-refractivity contribution in [1.82, 2.24) is 9.97 Å². The van der Waals surface area contributed by atoms with Crippen LogP contribution in [0.2, 0.25) is 0 Å². The van der Waals surface area contributed by atoms with Crippen molar-refractivity contribution in [2.45, 2.75) is 38.0 Å². The highest BCUT2D eigenvalue weighted by atomic mass is 32.2. The zero-order valence-corrected chi connectivity index (χ0v) is 17.2. The number of anilines is 3. The Morgan fingerprint density at radius 2 is 1.78 bits per heavy atom. The van der Waals surface area contributed by atoms with Crippen molar-refractivity contribution in [2.24, 2.45) is 0 Å². The van der Waals surface area contributed by atoms with Crippen LogP contribution in [0.5, 0.6) is 0 Å². The Labute approximate surface area is 161 Å². The molecule has 8 heteroatoms. The molecule has 2 heterocycles. The molecule has 0 saturated carbocycles. The van der Waals surface area contributed by atoms with Crippen LogP contribution in [0.4, 0.5) is 17.5 Å². The van der Waals surface area contributed by atoms with E-state index in [0.29, 0.717) is 17.5 Å². The average molecular weight is 390 g/mol. The minimum Gasteiger partial charge on any atom is -0.361 e. The Morgan fingerprint density at radius 3 is 2.41 bits per heavy atom. The predicted molar refractivity (Wildman–Crippen MR) is 109 cm³/mol. The molecule has 0 bridgehead atoms. The normalized spacial score (nSPS) is 14.9. The molecule has 0 unspecified atom stereocenters. The van der Waals surface area contributed by atoms with Crippen molar-refractivity contribution in [3.63, 3.8) is 0 Å². The first-order chi connectivity index (χ1) is 12.8. The van der Waals surface area contributed by atoms with E-state index in [0.717, 1.165) is 37.1 Å². The molecule has 0 radical (unpaired) electrons. The first-order valence-corrected chi connectivity index (χ1v) is 10.7. The van der Waals surface area contributed by atoms with E-state index in [9.17, 15) is 8.42 Å². The fraction of sp³-hybridized carbons (Fsp3) is 0.474. The van der Waals surface area contributed by atoms with E-state index >= 15 is 0 Å². The molecule has 27 heavy (non-hydrogen) atoms. The molecular weight excluding hydrogens is 362 g/mol. The van der Waals surface area contributed by atoms with Crippen molar-refractivity contribution in [3.05, 3.63) is 35.5 Å². The van der Waals surface area contributed by atoms with Crippen LogP contribution in [0.15, 0.2) is 29.3 Å². The van der Waals surface area contributed by atoms with Gasteiger partial charge in [0.2, 0.25) is 5.95 Å². The van der Waals surface area contributed by atoms with Crippen LogP contribution in [0.3, 0.4) is 0 Å². The molecule has 3 rings (SSSR count). The Morgan fingerprint density at radius 1 is 1.07 bits per heavy atom. The van der Waals surface area contributed by atoms with E-state index in [2.05, 4.69) is 19.6 Å². The van der Waals surface area contributed by atoms with E-state index in [1.165, 1.54) is 6.42 Å². The summed E-state index contributed by atoms with van der Waals surface area (Å²) in [6, 6.07) is 5.10. The van der Waals surface area contributed by atoms with E-state index in [-0.39, 0.29) is 4.90 Å². The van der Waals surface area contributed by atoms with Crippen LogP contribution in [0, 0.1) is 13.8 Å². The number of aryl methyl sites for hydroxylation is 2. The molecule has 0 atom stereocenters. The van der Waals surface area contributed by atoms with Crippen LogP contribution >= 0.6 is 0 Å². The van der Waals surface area contributed by atoms with E-state index in [4.69, 9.17) is 0 Å². The molecule has 1 saturated heterocycles. The molecule has 1 N–H and O–H groups in total. The first kappa shape index (κ1) is 19.4. The SMILES string of the molecule is Cc1ccc(S(=O)(=O)Nc2cnc(N3CCCCC3)nc2N(C)C)cc1C. The zero-order chi connectivity index (χ0) is 19.6. The van der Waals surface area contributed by atoms with Gasteiger partial charge in [0.05, 0.1) is 11.1 Å². The molecule has 2 aromatic rings. The number of sulfonamides is 1. The van der Waals surface area contributed by atoms with Crippen molar-refractivity contribution in [2.75, 3.05) is 41.7 Å². The summed E-state index contributed by atoms with van der Waals surface area (Å²) in [6.07, 6.45) is 5.04. The lowest BCUT2D eigenvalue weighted by Crippen LogP contribution is -2.31. The lowest BCUT2D eigenvalue weighted by atomic mass is 10.1. The minimum absolute atomic E-state index is 0.232. The summed E-state index contributed by atoms with van der Waals surface area (Å²) in [5.74, 6) is 1.20. The number of hydrogen-bond donors (Lipinski definition) is 1. The summed E-state index contributed by atoms with van der Waals surface area (Å²) in [5, 5.41) is 0. The maximum atomic E-state index is 12.8. The van der Waals surface area contributed by atoms with Gasteiger partial charge in [-0.1, -0.05) is 6.07 Å². The van der Waals surface area contributed by atoms with Crippen LogP contribution < -0.4 is 14.5 Å². The number of benzene rings is 1. The van der Waals surface area contributed by atoms with Crippen LogP contribution in [-0.2, 0) is 10.0 Å². The van der Waals surface area contributed by atoms with Gasteiger partial charge in [-0.05, 0) is 56.4 Å². The molecule has 1 aliphatic heterocycles. The Balaban J connectivity index is 1.92. The molecule has 1 aliphatic rings. The third kappa shape index (κ3) is 4.32. The van der Waals surface area contributed by atoms with Crippen LogP contribution in [-0.4, -0.2) is 45.6 Å². The molecule has 0 spiro atoms. The van der Waals surface area contributed by atoms with Gasteiger partial charge in [-0.3, -0.25) is 4.72 Å². The highest BCUT2D eigenvalue weighted by Gasteiger charge is 2.21. The van der Waals surface area contributed by atoms with E-state index < -0.39 is 10.0 Å². The van der Waals surface area contributed by atoms with Crippen molar-refractivity contribution >= 4 is 27.5 Å². The number of nitrogens with one attached hydrogen (secondary N) is 1. The van der Waals surface area contributed by atoms with Gasteiger partial charge < -0.3 is 9.80 Å². The number of rotatable bonds is 5. The van der Waals surface area contributed by atoms with Crippen molar-refractivity contribution in [1.29, 1.82) is 0 Å². The molecule has 1 fully saturated rings. The minimum atomic E-state index is -3.72. The highest BCUT2D eigenvalue weighted by Crippen LogP contribution is 2.27. The Hall–Kier alpha value is -2.35. The summed E-state index contributed by atoms with van der Waals surface area (Å²) < 4.78 is 28.3. The van der Waals surface area contributed by atoms with E-state index in [1.807, 2.05) is 34.0 Å². The molecule has 1 aromatic heterocycles. The third-order valence-corrected chi connectivity index (χ3v) is 6.21.